The first-order valence-corrected chi connectivity index (χ1v) is 5.05. The fraction of sp³-hybridized carbons (Fsp3) is 0.333. The summed E-state index contributed by atoms with van der Waals surface area (Å²) < 4.78 is 18.7. The molecule has 0 unspecified atom stereocenters. The number of nitrogens with zero attached hydrogens (tertiary/aromatic N) is 1. The predicted octanol–water partition coefficient (Wildman–Crippen LogP) is 3.03. The van der Waals surface area contributed by atoms with E-state index in [-0.39, 0.29) is 6.61 Å². The molecule has 0 heterocycles. The van der Waals surface area contributed by atoms with Crippen LogP contribution >= 0.6 is 15.9 Å². The Morgan fingerprint density at radius 2 is 2.27 bits per heavy atom. The lowest BCUT2D eigenvalue weighted by molar-refractivity contribution is -0.387. The van der Waals surface area contributed by atoms with E-state index in [4.69, 9.17) is 4.74 Å². The molecular formula is C9H9BrFNO3. The van der Waals surface area contributed by atoms with E-state index in [0.717, 1.165) is 6.07 Å². The molecule has 0 fully saturated rings. The Labute approximate surface area is 94.3 Å². The quantitative estimate of drug-likeness (QED) is 0.628. The van der Waals surface area contributed by atoms with Gasteiger partial charge < -0.3 is 4.74 Å². The maximum Gasteiger partial charge on any atom is 0.305 e. The Kier molecular flexibility index (Phi) is 4.16. The van der Waals surface area contributed by atoms with E-state index in [0.29, 0.717) is 16.6 Å². The molecule has 1 aromatic rings. The summed E-state index contributed by atoms with van der Waals surface area (Å²) in [4.78, 5) is 9.72. The standard InChI is InChI=1S/C9H9BrFNO3/c1-2-15-5-6-3-9(12(13)14)8(11)4-7(6)10/h3-4H,2,5H2,1H3. The minimum absolute atomic E-state index is 0.220. The summed E-state index contributed by atoms with van der Waals surface area (Å²) in [5.41, 5.74) is 0.0258. The third-order valence-electron chi connectivity index (χ3n) is 1.77. The second-order valence-corrected chi connectivity index (χ2v) is 3.64. The summed E-state index contributed by atoms with van der Waals surface area (Å²) in [5, 5.41) is 10.5. The Morgan fingerprint density at radius 1 is 1.60 bits per heavy atom. The Hall–Kier alpha value is -1.01. The van der Waals surface area contributed by atoms with Gasteiger partial charge in [0.15, 0.2) is 0 Å². The van der Waals surface area contributed by atoms with Crippen LogP contribution in [-0.2, 0) is 11.3 Å². The summed E-state index contributed by atoms with van der Waals surface area (Å²) >= 11 is 3.12. The van der Waals surface area contributed by atoms with Gasteiger partial charge in [-0.05, 0) is 18.6 Å². The van der Waals surface area contributed by atoms with Crippen molar-refractivity contribution >= 4 is 21.6 Å². The highest BCUT2D eigenvalue weighted by atomic mass is 79.9. The average Bonchev–Trinajstić information content (AvgIpc) is 2.16. The fourth-order valence-corrected chi connectivity index (χ4v) is 1.47. The van der Waals surface area contributed by atoms with Crippen LogP contribution in [0.5, 0.6) is 0 Å². The van der Waals surface area contributed by atoms with Crippen LogP contribution in [0, 0.1) is 15.9 Å². The number of halogens is 2. The molecule has 4 nitrogen and oxygen atoms in total. The number of nitro groups is 1. The van der Waals surface area contributed by atoms with Crippen molar-refractivity contribution in [3.8, 4) is 0 Å². The van der Waals surface area contributed by atoms with Crippen LogP contribution in [0.3, 0.4) is 0 Å². The maximum absolute atomic E-state index is 13.1. The van der Waals surface area contributed by atoms with Gasteiger partial charge in [0.2, 0.25) is 5.82 Å². The molecule has 0 spiro atoms. The van der Waals surface area contributed by atoms with Gasteiger partial charge in [-0.1, -0.05) is 15.9 Å². The number of benzene rings is 1. The second kappa shape index (κ2) is 5.18. The molecule has 0 aliphatic carbocycles. The molecule has 6 heteroatoms. The highest BCUT2D eigenvalue weighted by Gasteiger charge is 2.17. The van der Waals surface area contributed by atoms with Gasteiger partial charge in [0.05, 0.1) is 11.5 Å². The fourth-order valence-electron chi connectivity index (χ4n) is 1.04. The first-order chi connectivity index (χ1) is 7.06. The summed E-state index contributed by atoms with van der Waals surface area (Å²) in [6.07, 6.45) is 0. The lowest BCUT2D eigenvalue weighted by Gasteiger charge is -2.04. The molecule has 1 rings (SSSR count). The summed E-state index contributed by atoms with van der Waals surface area (Å²) in [6.45, 7) is 2.53. The molecule has 0 saturated heterocycles. The minimum Gasteiger partial charge on any atom is -0.377 e. The predicted molar refractivity (Wildman–Crippen MR) is 56.1 cm³/mol. The Bertz CT molecular complexity index is 384. The molecule has 82 valence electrons. The van der Waals surface area contributed by atoms with Crippen molar-refractivity contribution in [2.75, 3.05) is 6.61 Å². The zero-order valence-corrected chi connectivity index (χ0v) is 9.58. The molecule has 0 aromatic heterocycles. The molecule has 0 atom stereocenters. The SMILES string of the molecule is CCOCc1cc([N+](=O)[O-])c(F)cc1Br. The summed E-state index contributed by atoms with van der Waals surface area (Å²) in [7, 11) is 0. The molecule has 0 saturated carbocycles. The first kappa shape index (κ1) is 12.1. The van der Waals surface area contributed by atoms with Crippen molar-refractivity contribution in [2.45, 2.75) is 13.5 Å². The van der Waals surface area contributed by atoms with E-state index in [2.05, 4.69) is 15.9 Å². The van der Waals surface area contributed by atoms with Crippen LogP contribution in [0.25, 0.3) is 0 Å². The number of rotatable bonds is 4. The van der Waals surface area contributed by atoms with Crippen molar-refractivity contribution in [2.24, 2.45) is 0 Å². The molecule has 0 amide bonds. The molecular weight excluding hydrogens is 269 g/mol. The van der Waals surface area contributed by atoms with Gasteiger partial charge in [0.1, 0.15) is 0 Å². The van der Waals surface area contributed by atoms with E-state index in [1.165, 1.54) is 6.07 Å². The molecule has 15 heavy (non-hydrogen) atoms. The average molecular weight is 278 g/mol. The first-order valence-electron chi connectivity index (χ1n) is 4.26. The summed E-state index contributed by atoms with van der Waals surface area (Å²) in [5.74, 6) is -0.855. The van der Waals surface area contributed by atoms with Crippen molar-refractivity contribution < 1.29 is 14.1 Å². The van der Waals surface area contributed by atoms with Gasteiger partial charge in [-0.25, -0.2) is 0 Å². The van der Waals surface area contributed by atoms with Crippen LogP contribution in [-0.4, -0.2) is 11.5 Å². The van der Waals surface area contributed by atoms with Gasteiger partial charge in [0, 0.05) is 17.1 Å². The van der Waals surface area contributed by atoms with Gasteiger partial charge in [-0.3, -0.25) is 10.1 Å². The van der Waals surface area contributed by atoms with E-state index in [9.17, 15) is 14.5 Å². The molecule has 0 radical (unpaired) electrons. The highest BCUT2D eigenvalue weighted by molar-refractivity contribution is 9.10. The van der Waals surface area contributed by atoms with E-state index in [1.54, 1.807) is 0 Å². The third kappa shape index (κ3) is 2.97. The van der Waals surface area contributed by atoms with Crippen LogP contribution in [0.4, 0.5) is 10.1 Å². The molecule has 0 aliphatic heterocycles. The van der Waals surface area contributed by atoms with Crippen molar-refractivity contribution in [3.05, 3.63) is 38.1 Å². The number of hydrogen-bond donors (Lipinski definition) is 0. The zero-order chi connectivity index (χ0) is 11.4. The lowest BCUT2D eigenvalue weighted by Crippen LogP contribution is -1.98. The maximum atomic E-state index is 13.1. The Balaban J connectivity index is 3.06. The van der Waals surface area contributed by atoms with Gasteiger partial charge in [0.25, 0.3) is 0 Å². The molecule has 1 aromatic carbocycles. The van der Waals surface area contributed by atoms with Crippen LogP contribution < -0.4 is 0 Å². The van der Waals surface area contributed by atoms with Gasteiger partial charge in [-0.2, -0.15) is 4.39 Å². The van der Waals surface area contributed by atoms with Gasteiger partial charge >= 0.3 is 5.69 Å². The molecule has 0 aliphatic rings. The highest BCUT2D eigenvalue weighted by Crippen LogP contribution is 2.26. The third-order valence-corrected chi connectivity index (χ3v) is 2.51. The van der Waals surface area contributed by atoms with Gasteiger partial charge in [-0.15, -0.1) is 0 Å². The Morgan fingerprint density at radius 3 is 2.80 bits per heavy atom. The van der Waals surface area contributed by atoms with Crippen LogP contribution in [0.15, 0.2) is 16.6 Å². The normalized spacial score (nSPS) is 10.3. The molecule has 0 N–H and O–H groups in total. The largest absolute Gasteiger partial charge is 0.377 e. The van der Waals surface area contributed by atoms with E-state index >= 15 is 0 Å². The van der Waals surface area contributed by atoms with Crippen molar-refractivity contribution in [1.82, 2.24) is 0 Å². The number of nitro benzene ring substituents is 1. The monoisotopic (exact) mass is 277 g/mol. The second-order valence-electron chi connectivity index (χ2n) is 2.79. The van der Waals surface area contributed by atoms with Crippen molar-refractivity contribution in [1.29, 1.82) is 0 Å². The topological polar surface area (TPSA) is 52.4 Å². The van der Waals surface area contributed by atoms with Crippen molar-refractivity contribution in [3.63, 3.8) is 0 Å². The summed E-state index contributed by atoms with van der Waals surface area (Å²) in [6, 6.07) is 2.25. The number of hydrogen-bond acceptors (Lipinski definition) is 3. The molecule has 0 bridgehead atoms. The van der Waals surface area contributed by atoms with Crippen LogP contribution in [0.1, 0.15) is 12.5 Å². The lowest BCUT2D eigenvalue weighted by atomic mass is 10.2. The zero-order valence-electron chi connectivity index (χ0n) is 8.00. The van der Waals surface area contributed by atoms with Crippen LogP contribution in [0.2, 0.25) is 0 Å². The van der Waals surface area contributed by atoms with E-state index in [1.807, 2.05) is 6.92 Å². The smallest absolute Gasteiger partial charge is 0.305 e. The minimum atomic E-state index is -0.855. The number of ether oxygens (including phenoxy) is 1. The van der Waals surface area contributed by atoms with E-state index < -0.39 is 16.4 Å².